The zero-order valence-corrected chi connectivity index (χ0v) is 24.8. The lowest BCUT2D eigenvalue weighted by Gasteiger charge is -2.28. The lowest BCUT2D eigenvalue weighted by Crippen LogP contribution is -2.46. The number of benzene rings is 4. The largest absolute Gasteiger partial charge is 0.465 e. The Morgan fingerprint density at radius 3 is 2.12 bits per heavy atom. The van der Waals surface area contributed by atoms with Gasteiger partial charge >= 0.3 is 11.9 Å². The van der Waals surface area contributed by atoms with Gasteiger partial charge in [0, 0.05) is 12.1 Å². The monoisotopic (exact) mass is 569 g/mol. The molecule has 220 valence electrons. The summed E-state index contributed by atoms with van der Waals surface area (Å²) in [5.41, 5.74) is 3.79. The molecule has 2 N–H and O–H groups in total. The van der Waals surface area contributed by atoms with Crippen LogP contribution in [-0.4, -0.2) is 56.1 Å². The van der Waals surface area contributed by atoms with Crippen LogP contribution in [0.4, 0.5) is 0 Å². The molecule has 7 heteroatoms. The number of fused-ring (bicyclic) bond motifs is 1. The van der Waals surface area contributed by atoms with Crippen LogP contribution in [0.3, 0.4) is 0 Å². The van der Waals surface area contributed by atoms with E-state index in [0.29, 0.717) is 12.1 Å². The minimum Gasteiger partial charge on any atom is -0.465 e. The Bertz CT molecular complexity index is 1510. The second-order valence-electron chi connectivity index (χ2n) is 11.1. The Balaban J connectivity index is 1.40. The van der Waals surface area contributed by atoms with E-state index in [-0.39, 0.29) is 29.4 Å². The highest BCUT2D eigenvalue weighted by molar-refractivity contribution is 5.97. The second kappa shape index (κ2) is 13.7. The van der Waals surface area contributed by atoms with Gasteiger partial charge in [0.1, 0.15) is 0 Å². The van der Waals surface area contributed by atoms with E-state index in [2.05, 4.69) is 49.5 Å². The van der Waals surface area contributed by atoms with Crippen molar-refractivity contribution in [2.45, 2.75) is 44.9 Å². The van der Waals surface area contributed by atoms with Crippen molar-refractivity contribution in [3.05, 3.63) is 107 Å². The minimum absolute atomic E-state index is 0.129. The highest BCUT2D eigenvalue weighted by Crippen LogP contribution is 2.32. The van der Waals surface area contributed by atoms with Gasteiger partial charge in [-0.25, -0.2) is 9.59 Å². The van der Waals surface area contributed by atoms with Gasteiger partial charge in [-0.05, 0) is 78.4 Å². The van der Waals surface area contributed by atoms with Crippen molar-refractivity contribution in [1.82, 2.24) is 5.32 Å². The molecule has 0 aromatic heterocycles. The van der Waals surface area contributed by atoms with Crippen molar-refractivity contribution in [2.24, 2.45) is 0 Å². The number of β-amino-alcohol motifs (C(OH)–C–C–N with tert-alkyl or cyclic N) is 1. The number of rotatable bonds is 12. The van der Waals surface area contributed by atoms with E-state index in [1.165, 1.54) is 36.6 Å². The average Bonchev–Trinajstić information content (AvgIpc) is 3.01. The first-order valence-electron chi connectivity index (χ1n) is 14.0. The molecule has 4 rings (SSSR count). The number of nitrogens with one attached hydrogen (secondary N) is 1. The third-order valence-corrected chi connectivity index (χ3v) is 7.30. The Hall–Kier alpha value is -4.04. The number of methoxy groups -OCH3 is 2. The number of esters is 2. The summed E-state index contributed by atoms with van der Waals surface area (Å²) in [5.74, 6) is -1.11. The van der Waals surface area contributed by atoms with Gasteiger partial charge in [0.05, 0.1) is 44.2 Å². The maximum atomic E-state index is 12.3. The number of aliphatic hydroxyl groups is 1. The second-order valence-corrected chi connectivity index (χ2v) is 11.1. The molecule has 0 bridgehead atoms. The predicted molar refractivity (Wildman–Crippen MR) is 165 cm³/mol. The lowest BCUT2D eigenvalue weighted by molar-refractivity contribution is -0.00397. The van der Waals surface area contributed by atoms with Crippen LogP contribution in [0.25, 0.3) is 21.9 Å². The number of ether oxygens (including phenoxy) is 3. The third-order valence-electron chi connectivity index (χ3n) is 7.30. The number of carbonyl (C=O) groups is 2. The quantitative estimate of drug-likeness (QED) is 0.198. The predicted octanol–water partition coefficient (Wildman–Crippen LogP) is 6.13. The molecule has 0 heterocycles. The van der Waals surface area contributed by atoms with E-state index in [4.69, 9.17) is 14.2 Å². The van der Waals surface area contributed by atoms with Crippen molar-refractivity contribution in [3.8, 4) is 11.1 Å². The molecule has 4 aromatic rings. The molecule has 0 saturated carbocycles. The average molecular weight is 570 g/mol. The summed E-state index contributed by atoms with van der Waals surface area (Å²) in [6.45, 7) is 6.66. The van der Waals surface area contributed by atoms with E-state index in [1.807, 2.05) is 43.3 Å². The van der Waals surface area contributed by atoms with Crippen LogP contribution < -0.4 is 5.32 Å². The molecule has 0 fully saturated rings. The zero-order chi connectivity index (χ0) is 30.3. The smallest absolute Gasteiger partial charge is 0.337 e. The fourth-order valence-electron chi connectivity index (χ4n) is 5.09. The Morgan fingerprint density at radius 2 is 1.45 bits per heavy atom. The van der Waals surface area contributed by atoms with Gasteiger partial charge in [-0.15, -0.1) is 0 Å². The fourth-order valence-corrected chi connectivity index (χ4v) is 5.09. The number of hydrogen-bond acceptors (Lipinski definition) is 7. The summed E-state index contributed by atoms with van der Waals surface area (Å²) in [6.07, 6.45) is -0.276. The molecular formula is C35H39NO6. The summed E-state index contributed by atoms with van der Waals surface area (Å²) < 4.78 is 15.9. The van der Waals surface area contributed by atoms with Gasteiger partial charge in [0.15, 0.2) is 0 Å². The first-order valence-corrected chi connectivity index (χ1v) is 14.0. The van der Waals surface area contributed by atoms with Crippen molar-refractivity contribution in [2.75, 3.05) is 27.4 Å². The summed E-state index contributed by atoms with van der Waals surface area (Å²) in [5, 5.41) is 16.7. The van der Waals surface area contributed by atoms with Crippen molar-refractivity contribution < 1.29 is 28.9 Å². The Kier molecular flexibility index (Phi) is 10.1. The van der Waals surface area contributed by atoms with E-state index >= 15 is 0 Å². The molecule has 4 aromatic carbocycles. The molecule has 0 aliphatic rings. The third kappa shape index (κ3) is 7.82. The first-order chi connectivity index (χ1) is 20.1. The van der Waals surface area contributed by atoms with Crippen LogP contribution in [0.1, 0.15) is 58.7 Å². The standard InChI is InChI=1S/C35H39NO6/c1-23(31-12-8-9-13-32(31)27-17-28(33(38)40-4)19-29(18-27)34(39)41-5)42-22-30(37)21-36-35(2,3)20-24-14-15-25-10-6-7-11-26(25)16-24/h6-19,23,30,36-37H,20-22H2,1-5H3/t23-,30-/m1/s1. The normalized spacial score (nSPS) is 13.0. The Morgan fingerprint density at radius 1 is 0.833 bits per heavy atom. The summed E-state index contributed by atoms with van der Waals surface area (Å²) >= 11 is 0. The van der Waals surface area contributed by atoms with Crippen molar-refractivity contribution in [3.63, 3.8) is 0 Å². The molecule has 0 aliphatic carbocycles. The number of carbonyl (C=O) groups excluding carboxylic acids is 2. The van der Waals surface area contributed by atoms with Crippen LogP contribution >= 0.6 is 0 Å². The summed E-state index contributed by atoms with van der Waals surface area (Å²) in [7, 11) is 2.59. The highest BCUT2D eigenvalue weighted by atomic mass is 16.5. The molecule has 0 aliphatic heterocycles. The van der Waals surface area contributed by atoms with E-state index in [1.54, 1.807) is 12.1 Å². The molecule has 0 unspecified atom stereocenters. The van der Waals surface area contributed by atoms with Crippen LogP contribution in [0.15, 0.2) is 84.9 Å². The Labute approximate surface area is 247 Å². The first kappa shape index (κ1) is 30.9. The van der Waals surface area contributed by atoms with Crippen LogP contribution in [0, 0.1) is 0 Å². The summed E-state index contributed by atoms with van der Waals surface area (Å²) in [4.78, 5) is 24.6. The van der Waals surface area contributed by atoms with Crippen LogP contribution in [0.5, 0.6) is 0 Å². The SMILES string of the molecule is COC(=O)c1cc(C(=O)OC)cc(-c2ccccc2[C@@H](C)OC[C@H](O)CNC(C)(C)Cc2ccc3ccccc3c2)c1. The van der Waals surface area contributed by atoms with E-state index in [9.17, 15) is 14.7 Å². The number of hydrogen-bond donors (Lipinski definition) is 2. The van der Waals surface area contributed by atoms with Crippen molar-refractivity contribution in [1.29, 1.82) is 0 Å². The molecule has 0 saturated heterocycles. The summed E-state index contributed by atoms with van der Waals surface area (Å²) in [6, 6.07) is 27.3. The molecule has 2 atom stereocenters. The fraction of sp³-hybridized carbons (Fsp3) is 0.314. The van der Waals surface area contributed by atoms with Gasteiger partial charge in [0.25, 0.3) is 0 Å². The van der Waals surface area contributed by atoms with Gasteiger partial charge in [-0.1, -0.05) is 66.7 Å². The van der Waals surface area contributed by atoms with Gasteiger partial charge in [-0.2, -0.15) is 0 Å². The molecular weight excluding hydrogens is 530 g/mol. The maximum absolute atomic E-state index is 12.3. The number of aliphatic hydroxyl groups excluding tert-OH is 1. The topological polar surface area (TPSA) is 94.1 Å². The maximum Gasteiger partial charge on any atom is 0.337 e. The van der Waals surface area contributed by atoms with Crippen LogP contribution in [0.2, 0.25) is 0 Å². The van der Waals surface area contributed by atoms with E-state index in [0.717, 1.165) is 17.5 Å². The molecule has 0 spiro atoms. The lowest BCUT2D eigenvalue weighted by atomic mass is 9.93. The van der Waals surface area contributed by atoms with Crippen LogP contribution in [-0.2, 0) is 20.6 Å². The molecule has 0 radical (unpaired) electrons. The highest BCUT2D eigenvalue weighted by Gasteiger charge is 2.21. The van der Waals surface area contributed by atoms with Crippen molar-refractivity contribution >= 4 is 22.7 Å². The van der Waals surface area contributed by atoms with E-state index < -0.39 is 18.0 Å². The van der Waals surface area contributed by atoms with Gasteiger partial charge < -0.3 is 24.6 Å². The zero-order valence-electron chi connectivity index (χ0n) is 24.8. The molecule has 0 amide bonds. The molecule has 7 nitrogen and oxygen atoms in total. The molecule has 42 heavy (non-hydrogen) atoms. The van der Waals surface area contributed by atoms with Gasteiger partial charge in [0.2, 0.25) is 0 Å². The minimum atomic E-state index is -0.718. The van der Waals surface area contributed by atoms with Gasteiger partial charge in [-0.3, -0.25) is 0 Å².